The third-order valence-corrected chi connectivity index (χ3v) is 5.50. The molecular formula is C14H19NO4S. The molecule has 0 radical (unpaired) electrons. The van der Waals surface area contributed by atoms with Crippen LogP contribution >= 0.6 is 0 Å². The van der Waals surface area contributed by atoms with Crippen molar-refractivity contribution in [3.63, 3.8) is 0 Å². The van der Waals surface area contributed by atoms with Gasteiger partial charge in [0.15, 0.2) is 5.78 Å². The Kier molecular flexibility index (Phi) is 4.00. The zero-order valence-electron chi connectivity index (χ0n) is 11.9. The number of ketones is 1. The normalized spacial score (nSPS) is 19.8. The second-order valence-electron chi connectivity index (χ2n) is 5.53. The Morgan fingerprint density at radius 2 is 2.05 bits per heavy atom. The van der Waals surface area contributed by atoms with Gasteiger partial charge in [0.05, 0.1) is 23.6 Å². The molecule has 20 heavy (non-hydrogen) atoms. The molecule has 0 amide bonds. The highest BCUT2D eigenvalue weighted by Crippen LogP contribution is 2.27. The van der Waals surface area contributed by atoms with E-state index in [9.17, 15) is 13.2 Å². The number of benzene rings is 1. The monoisotopic (exact) mass is 297 g/mol. The number of rotatable bonds is 3. The maximum absolute atomic E-state index is 12.7. The van der Waals surface area contributed by atoms with Crippen LogP contribution in [0.5, 0.6) is 0 Å². The maximum atomic E-state index is 12.7. The summed E-state index contributed by atoms with van der Waals surface area (Å²) in [6.07, 6.45) is 0. The molecule has 0 bridgehead atoms. The van der Waals surface area contributed by atoms with Crippen LogP contribution in [-0.2, 0) is 14.8 Å². The first-order valence-corrected chi connectivity index (χ1v) is 7.91. The van der Waals surface area contributed by atoms with Gasteiger partial charge in [0.2, 0.25) is 10.0 Å². The summed E-state index contributed by atoms with van der Waals surface area (Å²) < 4.78 is 32.3. The molecular weight excluding hydrogens is 278 g/mol. The van der Waals surface area contributed by atoms with Gasteiger partial charge in [0.25, 0.3) is 0 Å². The predicted molar refractivity (Wildman–Crippen MR) is 75.2 cm³/mol. The van der Waals surface area contributed by atoms with Gasteiger partial charge in [0, 0.05) is 12.1 Å². The van der Waals surface area contributed by atoms with Gasteiger partial charge < -0.3 is 4.74 Å². The van der Waals surface area contributed by atoms with E-state index in [-0.39, 0.29) is 10.7 Å². The molecule has 1 aliphatic rings. The van der Waals surface area contributed by atoms with Crippen LogP contribution in [0.25, 0.3) is 0 Å². The van der Waals surface area contributed by atoms with Crippen molar-refractivity contribution in [1.29, 1.82) is 0 Å². The molecule has 110 valence electrons. The summed E-state index contributed by atoms with van der Waals surface area (Å²) in [5, 5.41) is 0. The summed E-state index contributed by atoms with van der Waals surface area (Å²) in [7, 11) is -3.62. The molecule has 0 atom stereocenters. The average Bonchev–Trinajstić information content (AvgIpc) is 2.38. The van der Waals surface area contributed by atoms with Crippen molar-refractivity contribution < 1.29 is 17.9 Å². The number of carbonyl (C=O) groups is 1. The molecule has 0 spiro atoms. The Morgan fingerprint density at radius 1 is 1.35 bits per heavy atom. The van der Waals surface area contributed by atoms with Crippen LogP contribution in [0.15, 0.2) is 29.2 Å². The summed E-state index contributed by atoms with van der Waals surface area (Å²) in [6.45, 7) is 6.15. The smallest absolute Gasteiger partial charge is 0.243 e. The Labute approximate surface area is 119 Å². The number of hydrogen-bond donors (Lipinski definition) is 0. The van der Waals surface area contributed by atoms with E-state index in [1.54, 1.807) is 12.1 Å². The van der Waals surface area contributed by atoms with Crippen LogP contribution in [0, 0.1) is 0 Å². The molecule has 1 heterocycles. The SMILES string of the molecule is CC(=O)c1cccc(S(=O)(=O)N2CCOCC2(C)C)c1. The molecule has 0 unspecified atom stereocenters. The van der Waals surface area contributed by atoms with Gasteiger partial charge in [0.1, 0.15) is 0 Å². The molecule has 1 aliphatic heterocycles. The van der Waals surface area contributed by atoms with Gasteiger partial charge in [-0.2, -0.15) is 4.31 Å². The fraction of sp³-hybridized carbons (Fsp3) is 0.500. The molecule has 1 saturated heterocycles. The van der Waals surface area contributed by atoms with E-state index >= 15 is 0 Å². The number of ether oxygens (including phenoxy) is 1. The number of morpholine rings is 1. The number of sulfonamides is 1. The highest BCUT2D eigenvalue weighted by Gasteiger charge is 2.39. The summed E-state index contributed by atoms with van der Waals surface area (Å²) in [6, 6.07) is 6.17. The lowest BCUT2D eigenvalue weighted by Gasteiger charge is -2.40. The van der Waals surface area contributed by atoms with Crippen LogP contribution < -0.4 is 0 Å². The number of Topliss-reactive ketones (excluding diaryl/α,β-unsaturated/α-hetero) is 1. The zero-order chi connectivity index (χ0) is 15.0. The lowest BCUT2D eigenvalue weighted by molar-refractivity contribution is -0.00770. The quantitative estimate of drug-likeness (QED) is 0.796. The van der Waals surface area contributed by atoms with Gasteiger partial charge in [-0.1, -0.05) is 12.1 Å². The van der Waals surface area contributed by atoms with Gasteiger partial charge in [-0.25, -0.2) is 8.42 Å². The first-order chi connectivity index (χ1) is 9.25. The Morgan fingerprint density at radius 3 is 2.65 bits per heavy atom. The van der Waals surface area contributed by atoms with E-state index in [2.05, 4.69) is 0 Å². The van der Waals surface area contributed by atoms with E-state index in [0.29, 0.717) is 25.3 Å². The third kappa shape index (κ3) is 2.77. The van der Waals surface area contributed by atoms with Gasteiger partial charge >= 0.3 is 0 Å². The summed E-state index contributed by atoms with van der Waals surface area (Å²) >= 11 is 0. The van der Waals surface area contributed by atoms with Crippen molar-refractivity contribution in [2.24, 2.45) is 0 Å². The predicted octanol–water partition coefficient (Wildman–Crippen LogP) is 1.69. The highest BCUT2D eigenvalue weighted by atomic mass is 32.2. The van der Waals surface area contributed by atoms with Crippen molar-refractivity contribution >= 4 is 15.8 Å². The largest absolute Gasteiger partial charge is 0.378 e. The molecule has 5 nitrogen and oxygen atoms in total. The molecule has 6 heteroatoms. The number of nitrogens with zero attached hydrogens (tertiary/aromatic N) is 1. The zero-order valence-corrected chi connectivity index (χ0v) is 12.7. The Bertz CT molecular complexity index is 622. The van der Waals surface area contributed by atoms with E-state index in [1.807, 2.05) is 13.8 Å². The topological polar surface area (TPSA) is 63.7 Å². The third-order valence-electron chi connectivity index (χ3n) is 3.40. The van der Waals surface area contributed by atoms with Crippen molar-refractivity contribution in [1.82, 2.24) is 4.31 Å². The van der Waals surface area contributed by atoms with Gasteiger partial charge in [-0.15, -0.1) is 0 Å². The van der Waals surface area contributed by atoms with Crippen LogP contribution in [0.3, 0.4) is 0 Å². The molecule has 0 aromatic heterocycles. The van der Waals surface area contributed by atoms with E-state index in [4.69, 9.17) is 4.74 Å². The Hall–Kier alpha value is -1.24. The summed E-state index contributed by atoms with van der Waals surface area (Å²) in [5.74, 6) is -0.150. The maximum Gasteiger partial charge on any atom is 0.243 e. The second-order valence-corrected chi connectivity index (χ2v) is 7.39. The minimum atomic E-state index is -3.62. The van der Waals surface area contributed by atoms with Crippen LogP contribution in [0.1, 0.15) is 31.1 Å². The fourth-order valence-electron chi connectivity index (χ4n) is 2.29. The minimum Gasteiger partial charge on any atom is -0.378 e. The van der Waals surface area contributed by atoms with E-state index < -0.39 is 15.6 Å². The first-order valence-electron chi connectivity index (χ1n) is 6.47. The molecule has 1 fully saturated rings. The van der Waals surface area contributed by atoms with Crippen molar-refractivity contribution in [2.45, 2.75) is 31.2 Å². The van der Waals surface area contributed by atoms with Crippen molar-refractivity contribution in [3.8, 4) is 0 Å². The van der Waals surface area contributed by atoms with Crippen LogP contribution in [-0.4, -0.2) is 43.8 Å². The van der Waals surface area contributed by atoms with Crippen LogP contribution in [0.2, 0.25) is 0 Å². The first kappa shape index (κ1) is 15.2. The number of hydrogen-bond acceptors (Lipinski definition) is 4. The highest BCUT2D eigenvalue weighted by molar-refractivity contribution is 7.89. The van der Waals surface area contributed by atoms with E-state index in [0.717, 1.165) is 0 Å². The lowest BCUT2D eigenvalue weighted by atomic mass is 10.1. The van der Waals surface area contributed by atoms with E-state index in [1.165, 1.54) is 23.4 Å². The minimum absolute atomic E-state index is 0.150. The van der Waals surface area contributed by atoms with Gasteiger partial charge in [-0.05, 0) is 32.9 Å². The average molecular weight is 297 g/mol. The molecule has 1 aromatic rings. The number of carbonyl (C=O) groups excluding carboxylic acids is 1. The molecule has 0 saturated carbocycles. The fourth-order valence-corrected chi connectivity index (χ4v) is 4.09. The standard InChI is InChI=1S/C14H19NO4S/c1-11(16)12-5-4-6-13(9-12)20(17,18)15-7-8-19-10-14(15,2)3/h4-6,9H,7-8,10H2,1-3H3. The van der Waals surface area contributed by atoms with Crippen molar-refractivity contribution in [2.75, 3.05) is 19.8 Å². The molecule has 0 N–H and O–H groups in total. The molecule has 0 aliphatic carbocycles. The molecule has 2 rings (SSSR count). The van der Waals surface area contributed by atoms with Crippen molar-refractivity contribution in [3.05, 3.63) is 29.8 Å². The molecule has 1 aromatic carbocycles. The van der Waals surface area contributed by atoms with Crippen LogP contribution in [0.4, 0.5) is 0 Å². The Balaban J connectivity index is 2.44. The summed E-state index contributed by atoms with van der Waals surface area (Å²) in [4.78, 5) is 11.6. The second kappa shape index (κ2) is 5.27. The summed E-state index contributed by atoms with van der Waals surface area (Å²) in [5.41, 5.74) is -0.194. The van der Waals surface area contributed by atoms with Gasteiger partial charge in [-0.3, -0.25) is 4.79 Å². The lowest BCUT2D eigenvalue weighted by Crippen LogP contribution is -2.55.